The topological polar surface area (TPSA) is 41.6 Å². The van der Waals surface area contributed by atoms with Gasteiger partial charge in [0.05, 0.1) is 6.04 Å². The third kappa shape index (κ3) is 3.88. The van der Waals surface area contributed by atoms with Crippen molar-refractivity contribution in [2.45, 2.75) is 31.4 Å². The quantitative estimate of drug-likeness (QED) is 0.869. The van der Waals surface area contributed by atoms with E-state index in [1.165, 1.54) is 12.1 Å². The Kier molecular flexibility index (Phi) is 5.89. The summed E-state index contributed by atoms with van der Waals surface area (Å²) in [6, 6.07) is 5.88. The minimum absolute atomic E-state index is 0. The monoisotopic (exact) mass is 358 g/mol. The standard InChI is InChI=1S/C21H25FN2O2.H2/c1-3-15-11-13-24(21(25)26-18-6-5-12-23-14-18)20(19(15)4-2)16-7-9-17(22)10-8-16;/h3-4,7-10,18,20,23H,1-2,5-6,11-14H2;1H/t18-,20+;/m1./s1. The molecular weight excluding hydrogens is 331 g/mol. The maximum absolute atomic E-state index is 13.4. The van der Waals surface area contributed by atoms with Crippen LogP contribution in [-0.2, 0) is 4.74 Å². The summed E-state index contributed by atoms with van der Waals surface area (Å²) in [7, 11) is 0. The van der Waals surface area contributed by atoms with Gasteiger partial charge in [-0.15, -0.1) is 0 Å². The van der Waals surface area contributed by atoms with Gasteiger partial charge in [-0.25, -0.2) is 9.18 Å². The predicted molar refractivity (Wildman–Crippen MR) is 102 cm³/mol. The fraction of sp³-hybridized carbons (Fsp3) is 0.381. The van der Waals surface area contributed by atoms with Gasteiger partial charge >= 0.3 is 6.09 Å². The van der Waals surface area contributed by atoms with E-state index in [4.69, 9.17) is 4.74 Å². The molecule has 0 unspecified atom stereocenters. The summed E-state index contributed by atoms with van der Waals surface area (Å²) in [5, 5.41) is 3.25. The van der Waals surface area contributed by atoms with Crippen LogP contribution in [0.15, 0.2) is 60.7 Å². The SMILES string of the molecule is C=CC1=C(C=C)[C@H](c2ccc(F)cc2)N(C(=O)O[C@@H]2CCCNC2)CC1.[HH]. The smallest absolute Gasteiger partial charge is 0.410 e. The van der Waals surface area contributed by atoms with E-state index >= 15 is 0 Å². The molecule has 1 N–H and O–H groups in total. The van der Waals surface area contributed by atoms with E-state index in [1.54, 1.807) is 29.2 Å². The van der Waals surface area contributed by atoms with E-state index in [0.29, 0.717) is 19.5 Å². The van der Waals surface area contributed by atoms with Gasteiger partial charge in [0.25, 0.3) is 0 Å². The molecule has 0 radical (unpaired) electrons. The largest absolute Gasteiger partial charge is 0.445 e. The first kappa shape index (κ1) is 18.4. The minimum Gasteiger partial charge on any atom is -0.445 e. The molecule has 2 aliphatic heterocycles. The molecule has 0 aromatic heterocycles. The maximum Gasteiger partial charge on any atom is 0.410 e. The molecule has 1 fully saturated rings. The highest BCUT2D eigenvalue weighted by atomic mass is 19.1. The maximum atomic E-state index is 13.4. The van der Waals surface area contributed by atoms with Crippen molar-refractivity contribution in [3.8, 4) is 0 Å². The van der Waals surface area contributed by atoms with Gasteiger partial charge in [0.2, 0.25) is 0 Å². The molecule has 2 heterocycles. The van der Waals surface area contributed by atoms with Crippen LogP contribution in [0.25, 0.3) is 0 Å². The predicted octanol–water partition coefficient (Wildman–Crippen LogP) is 4.38. The zero-order valence-electron chi connectivity index (χ0n) is 14.9. The molecule has 0 spiro atoms. The third-order valence-corrected chi connectivity index (χ3v) is 5.00. The van der Waals surface area contributed by atoms with Crippen LogP contribution in [0.3, 0.4) is 0 Å². The number of piperidine rings is 1. The second-order valence-electron chi connectivity index (χ2n) is 6.64. The van der Waals surface area contributed by atoms with Crippen LogP contribution >= 0.6 is 0 Å². The van der Waals surface area contributed by atoms with Crippen molar-refractivity contribution in [3.63, 3.8) is 0 Å². The lowest BCUT2D eigenvalue weighted by Gasteiger charge is -2.38. The molecule has 2 aliphatic rings. The average Bonchev–Trinajstić information content (AvgIpc) is 2.68. The third-order valence-electron chi connectivity index (χ3n) is 5.00. The Morgan fingerprint density at radius 3 is 2.69 bits per heavy atom. The molecule has 4 nitrogen and oxygen atoms in total. The number of allylic oxidation sites excluding steroid dienone is 1. The second kappa shape index (κ2) is 8.32. The van der Waals surface area contributed by atoms with E-state index in [1.807, 2.05) is 0 Å². The van der Waals surface area contributed by atoms with E-state index in [2.05, 4.69) is 18.5 Å². The number of halogens is 1. The summed E-state index contributed by atoms with van der Waals surface area (Å²) in [5.74, 6) is -0.306. The number of carbonyl (C=O) groups is 1. The first-order valence-electron chi connectivity index (χ1n) is 9.05. The van der Waals surface area contributed by atoms with Gasteiger partial charge in [-0.1, -0.05) is 37.4 Å². The van der Waals surface area contributed by atoms with Crippen molar-refractivity contribution in [1.29, 1.82) is 0 Å². The Morgan fingerprint density at radius 2 is 2.08 bits per heavy atom. The molecule has 1 amide bonds. The highest BCUT2D eigenvalue weighted by molar-refractivity contribution is 5.70. The first-order valence-corrected chi connectivity index (χ1v) is 9.05. The van der Waals surface area contributed by atoms with Gasteiger partial charge in [0.1, 0.15) is 11.9 Å². The molecule has 5 heteroatoms. The molecule has 0 saturated carbocycles. The lowest BCUT2D eigenvalue weighted by molar-refractivity contribution is 0.0433. The summed E-state index contributed by atoms with van der Waals surface area (Å²) in [4.78, 5) is 14.6. The summed E-state index contributed by atoms with van der Waals surface area (Å²) < 4.78 is 19.1. The van der Waals surface area contributed by atoms with Crippen LogP contribution in [-0.4, -0.2) is 36.7 Å². The lowest BCUT2D eigenvalue weighted by atomic mass is 9.88. The van der Waals surface area contributed by atoms with Crippen molar-refractivity contribution >= 4 is 6.09 Å². The van der Waals surface area contributed by atoms with Gasteiger partial charge in [-0.3, -0.25) is 4.90 Å². The minimum atomic E-state index is -0.348. The van der Waals surface area contributed by atoms with Gasteiger partial charge in [-0.05, 0) is 54.6 Å². The zero-order chi connectivity index (χ0) is 18.5. The Bertz CT molecular complexity index is 711. The molecule has 1 aromatic rings. The molecule has 140 valence electrons. The number of rotatable bonds is 4. The fourth-order valence-electron chi connectivity index (χ4n) is 3.65. The normalized spacial score (nSPS) is 23.5. The molecule has 0 bridgehead atoms. The number of hydrogen-bond donors (Lipinski definition) is 1. The van der Waals surface area contributed by atoms with E-state index < -0.39 is 0 Å². The van der Waals surface area contributed by atoms with Crippen molar-refractivity contribution in [2.24, 2.45) is 0 Å². The second-order valence-corrected chi connectivity index (χ2v) is 6.64. The highest BCUT2D eigenvalue weighted by Crippen LogP contribution is 2.37. The molecule has 1 aromatic carbocycles. The molecular formula is C21H27FN2O2. The summed E-state index contributed by atoms with van der Waals surface area (Å²) in [5.41, 5.74) is 2.80. The zero-order valence-corrected chi connectivity index (χ0v) is 14.9. The Labute approximate surface area is 155 Å². The number of carbonyl (C=O) groups excluding carboxylic acids is 1. The van der Waals surface area contributed by atoms with Gasteiger partial charge in [0.15, 0.2) is 0 Å². The van der Waals surface area contributed by atoms with Crippen LogP contribution in [0.1, 0.15) is 32.3 Å². The van der Waals surface area contributed by atoms with Crippen molar-refractivity contribution in [3.05, 3.63) is 72.1 Å². The number of ether oxygens (including phenoxy) is 1. The molecule has 3 rings (SSSR count). The van der Waals surface area contributed by atoms with Gasteiger partial charge < -0.3 is 10.1 Å². The summed E-state index contributed by atoms with van der Waals surface area (Å²) in [6.45, 7) is 9.97. The van der Waals surface area contributed by atoms with Crippen LogP contribution in [0.5, 0.6) is 0 Å². The summed E-state index contributed by atoms with van der Waals surface area (Å²) in [6.07, 6.45) is 5.68. The molecule has 0 aliphatic carbocycles. The average molecular weight is 358 g/mol. The number of nitrogens with zero attached hydrogens (tertiary/aromatic N) is 1. The first-order chi connectivity index (χ1) is 12.6. The Hall–Kier alpha value is -2.40. The molecule has 2 atom stereocenters. The van der Waals surface area contributed by atoms with Crippen LogP contribution < -0.4 is 5.32 Å². The van der Waals surface area contributed by atoms with Gasteiger partial charge in [-0.2, -0.15) is 0 Å². The van der Waals surface area contributed by atoms with Crippen LogP contribution in [0.2, 0.25) is 0 Å². The van der Waals surface area contributed by atoms with E-state index in [9.17, 15) is 9.18 Å². The molecule has 26 heavy (non-hydrogen) atoms. The van der Waals surface area contributed by atoms with Gasteiger partial charge in [0, 0.05) is 14.5 Å². The lowest BCUT2D eigenvalue weighted by Crippen LogP contribution is -2.44. The Morgan fingerprint density at radius 1 is 1.31 bits per heavy atom. The van der Waals surface area contributed by atoms with Crippen LogP contribution in [0.4, 0.5) is 9.18 Å². The summed E-state index contributed by atoms with van der Waals surface area (Å²) >= 11 is 0. The highest BCUT2D eigenvalue weighted by Gasteiger charge is 2.34. The van der Waals surface area contributed by atoms with Crippen molar-refractivity contribution in [1.82, 2.24) is 10.2 Å². The van der Waals surface area contributed by atoms with Crippen LogP contribution in [0, 0.1) is 5.82 Å². The number of amides is 1. The number of nitrogens with one attached hydrogen (secondary N) is 1. The van der Waals surface area contributed by atoms with E-state index in [-0.39, 0.29) is 25.5 Å². The number of hydrogen-bond acceptors (Lipinski definition) is 3. The van der Waals surface area contributed by atoms with Crippen molar-refractivity contribution in [2.75, 3.05) is 19.6 Å². The van der Waals surface area contributed by atoms with Crippen molar-refractivity contribution < 1.29 is 15.3 Å². The number of benzene rings is 1. The fourth-order valence-corrected chi connectivity index (χ4v) is 3.65. The molecule has 1 saturated heterocycles. The Balaban J connectivity index is 0.00000261. The van der Waals surface area contributed by atoms with E-state index in [0.717, 1.165) is 36.1 Å².